The van der Waals surface area contributed by atoms with Crippen molar-refractivity contribution in [2.24, 2.45) is 0 Å². The summed E-state index contributed by atoms with van der Waals surface area (Å²) in [6.07, 6.45) is 0.741. The van der Waals surface area contributed by atoms with Crippen LogP contribution in [0.25, 0.3) is 0 Å². The first-order valence-corrected chi connectivity index (χ1v) is 5.77. The molecule has 0 saturated carbocycles. The predicted octanol–water partition coefficient (Wildman–Crippen LogP) is 2.66. The monoisotopic (exact) mass is 223 g/mol. The molecule has 1 aromatic carbocycles. The molecule has 2 rings (SSSR count). The Morgan fingerprint density at radius 1 is 1.50 bits per heavy atom. The Morgan fingerprint density at radius 3 is 2.94 bits per heavy atom. The van der Waals surface area contributed by atoms with Gasteiger partial charge in [-0.15, -0.1) is 0 Å². The van der Waals surface area contributed by atoms with Gasteiger partial charge in [0.1, 0.15) is 5.82 Å². The van der Waals surface area contributed by atoms with E-state index < -0.39 is 0 Å². The summed E-state index contributed by atoms with van der Waals surface area (Å²) >= 11 is 0. The molecular formula is C13H18FNO. The maximum absolute atomic E-state index is 13.6. The summed E-state index contributed by atoms with van der Waals surface area (Å²) in [5.74, 6) is -0.186. The van der Waals surface area contributed by atoms with Crippen LogP contribution in [0.4, 0.5) is 4.39 Å². The fraction of sp³-hybridized carbons (Fsp3) is 0.538. The quantitative estimate of drug-likeness (QED) is 0.832. The van der Waals surface area contributed by atoms with Gasteiger partial charge < -0.3 is 10.1 Å². The Bertz CT molecular complexity index is 369. The Morgan fingerprint density at radius 2 is 2.25 bits per heavy atom. The van der Waals surface area contributed by atoms with Crippen molar-refractivity contribution in [3.05, 3.63) is 35.6 Å². The van der Waals surface area contributed by atoms with Crippen LogP contribution in [-0.4, -0.2) is 18.7 Å². The minimum atomic E-state index is -0.189. The molecule has 0 bridgehead atoms. The van der Waals surface area contributed by atoms with E-state index in [1.54, 1.807) is 12.1 Å². The Hall–Kier alpha value is -0.930. The van der Waals surface area contributed by atoms with Gasteiger partial charge in [-0.2, -0.15) is 0 Å². The first-order chi connectivity index (χ1) is 7.64. The lowest BCUT2D eigenvalue weighted by Crippen LogP contribution is -2.48. The van der Waals surface area contributed by atoms with E-state index in [0.29, 0.717) is 12.1 Å². The lowest BCUT2D eigenvalue weighted by atomic mass is 9.98. The van der Waals surface area contributed by atoms with Crippen molar-refractivity contribution in [2.45, 2.75) is 32.0 Å². The second-order valence-electron chi connectivity index (χ2n) is 4.56. The lowest BCUT2D eigenvalue weighted by molar-refractivity contribution is -0.110. The molecule has 0 aromatic heterocycles. The van der Waals surface area contributed by atoms with Gasteiger partial charge in [0.2, 0.25) is 0 Å². The highest BCUT2D eigenvalue weighted by Crippen LogP contribution is 2.30. The number of hydrogen-bond donors (Lipinski definition) is 1. The number of halogens is 1. The van der Waals surface area contributed by atoms with Crippen molar-refractivity contribution < 1.29 is 9.13 Å². The molecule has 2 unspecified atom stereocenters. The fourth-order valence-electron chi connectivity index (χ4n) is 2.01. The van der Waals surface area contributed by atoms with Gasteiger partial charge in [0.15, 0.2) is 0 Å². The Labute approximate surface area is 95.8 Å². The molecule has 1 aliphatic rings. The van der Waals surface area contributed by atoms with Crippen molar-refractivity contribution in [1.29, 1.82) is 0 Å². The van der Waals surface area contributed by atoms with Crippen LogP contribution in [0.3, 0.4) is 0 Å². The fourth-order valence-corrected chi connectivity index (χ4v) is 2.01. The molecule has 2 atom stereocenters. The van der Waals surface area contributed by atoms with E-state index in [-0.39, 0.29) is 17.5 Å². The average molecular weight is 223 g/mol. The molecule has 16 heavy (non-hydrogen) atoms. The zero-order chi connectivity index (χ0) is 11.6. The maximum Gasteiger partial charge on any atom is 0.129 e. The largest absolute Gasteiger partial charge is 0.365 e. The van der Waals surface area contributed by atoms with Gasteiger partial charge >= 0.3 is 0 Å². The molecular weight excluding hydrogens is 205 g/mol. The van der Waals surface area contributed by atoms with Gasteiger partial charge in [0.05, 0.1) is 11.7 Å². The molecule has 88 valence electrons. The van der Waals surface area contributed by atoms with E-state index in [1.807, 2.05) is 6.07 Å². The normalized spacial score (nSPS) is 30.3. The lowest BCUT2D eigenvalue weighted by Gasteiger charge is -2.39. The van der Waals surface area contributed by atoms with Crippen molar-refractivity contribution in [1.82, 2.24) is 5.32 Å². The highest BCUT2D eigenvalue weighted by Gasteiger charge is 2.32. The molecule has 1 aromatic rings. The van der Waals surface area contributed by atoms with E-state index in [9.17, 15) is 4.39 Å². The average Bonchev–Trinajstić information content (AvgIpc) is 2.30. The molecule has 3 heteroatoms. The molecule has 1 N–H and O–H groups in total. The van der Waals surface area contributed by atoms with Gasteiger partial charge in [-0.05, 0) is 19.4 Å². The predicted molar refractivity (Wildman–Crippen MR) is 61.8 cm³/mol. The SMILES string of the molecule is CCC1(C)CNCC(c2ccccc2F)O1. The Balaban J connectivity index is 2.19. The molecule has 1 aliphatic heterocycles. The van der Waals surface area contributed by atoms with Crippen molar-refractivity contribution in [3.63, 3.8) is 0 Å². The van der Waals surface area contributed by atoms with Crippen LogP contribution in [0.2, 0.25) is 0 Å². The van der Waals surface area contributed by atoms with Crippen LogP contribution in [0.5, 0.6) is 0 Å². The molecule has 0 radical (unpaired) electrons. The van der Waals surface area contributed by atoms with Crippen LogP contribution < -0.4 is 5.32 Å². The van der Waals surface area contributed by atoms with Crippen LogP contribution in [0.1, 0.15) is 31.9 Å². The number of hydrogen-bond acceptors (Lipinski definition) is 2. The smallest absolute Gasteiger partial charge is 0.129 e. The summed E-state index contributed by atoms with van der Waals surface area (Å²) in [6, 6.07) is 6.83. The Kier molecular flexibility index (Phi) is 3.26. The summed E-state index contributed by atoms with van der Waals surface area (Å²) in [4.78, 5) is 0. The molecule has 0 spiro atoms. The van der Waals surface area contributed by atoms with Gasteiger partial charge in [-0.1, -0.05) is 25.1 Å². The highest BCUT2D eigenvalue weighted by atomic mass is 19.1. The van der Waals surface area contributed by atoms with E-state index in [2.05, 4.69) is 19.2 Å². The van der Waals surface area contributed by atoms with Gasteiger partial charge in [0.25, 0.3) is 0 Å². The van der Waals surface area contributed by atoms with Crippen molar-refractivity contribution in [2.75, 3.05) is 13.1 Å². The summed E-state index contributed by atoms with van der Waals surface area (Å²) in [5, 5.41) is 3.31. The second kappa shape index (κ2) is 4.52. The zero-order valence-corrected chi connectivity index (χ0v) is 9.79. The molecule has 1 heterocycles. The van der Waals surface area contributed by atoms with Gasteiger partial charge in [-0.25, -0.2) is 4.39 Å². The van der Waals surface area contributed by atoms with Crippen LogP contribution in [0.15, 0.2) is 24.3 Å². The highest BCUT2D eigenvalue weighted by molar-refractivity contribution is 5.21. The van der Waals surface area contributed by atoms with E-state index in [0.717, 1.165) is 13.0 Å². The first-order valence-electron chi connectivity index (χ1n) is 5.77. The van der Waals surface area contributed by atoms with Crippen molar-refractivity contribution in [3.8, 4) is 0 Å². The van der Waals surface area contributed by atoms with E-state index >= 15 is 0 Å². The third-order valence-corrected chi connectivity index (χ3v) is 3.26. The zero-order valence-electron chi connectivity index (χ0n) is 9.79. The molecule has 0 amide bonds. The first kappa shape index (κ1) is 11.6. The minimum absolute atomic E-state index is 0.181. The van der Waals surface area contributed by atoms with Gasteiger partial charge in [0, 0.05) is 18.7 Å². The summed E-state index contributed by atoms with van der Waals surface area (Å²) in [7, 11) is 0. The summed E-state index contributed by atoms with van der Waals surface area (Å²) in [6.45, 7) is 5.66. The van der Waals surface area contributed by atoms with Crippen molar-refractivity contribution >= 4 is 0 Å². The van der Waals surface area contributed by atoms with Crippen LogP contribution in [-0.2, 0) is 4.74 Å². The summed E-state index contributed by atoms with van der Waals surface area (Å²) in [5.41, 5.74) is 0.458. The number of ether oxygens (including phenoxy) is 1. The number of benzene rings is 1. The molecule has 2 nitrogen and oxygen atoms in total. The van der Waals surface area contributed by atoms with Gasteiger partial charge in [-0.3, -0.25) is 0 Å². The molecule has 0 aliphatic carbocycles. The number of nitrogens with one attached hydrogen (secondary N) is 1. The summed E-state index contributed by atoms with van der Waals surface area (Å²) < 4.78 is 19.6. The standard InChI is InChI=1S/C13H18FNO/c1-3-13(2)9-15-8-12(16-13)10-6-4-5-7-11(10)14/h4-7,12,15H,3,8-9H2,1-2H3. The number of morpholine rings is 1. The minimum Gasteiger partial charge on any atom is -0.365 e. The second-order valence-corrected chi connectivity index (χ2v) is 4.56. The van der Waals surface area contributed by atoms with Crippen LogP contribution >= 0.6 is 0 Å². The van der Waals surface area contributed by atoms with Crippen LogP contribution in [0, 0.1) is 5.82 Å². The molecule has 1 fully saturated rings. The van der Waals surface area contributed by atoms with E-state index in [1.165, 1.54) is 6.07 Å². The third-order valence-electron chi connectivity index (χ3n) is 3.26. The topological polar surface area (TPSA) is 21.3 Å². The van der Waals surface area contributed by atoms with E-state index in [4.69, 9.17) is 4.74 Å². The molecule has 1 saturated heterocycles. The maximum atomic E-state index is 13.6. The third kappa shape index (κ3) is 2.25. The number of rotatable bonds is 2.